The Balaban J connectivity index is 2.83. The van der Waals surface area contributed by atoms with Crippen LogP contribution in [-0.2, 0) is 14.8 Å². The van der Waals surface area contributed by atoms with Crippen LogP contribution in [0, 0.1) is 0 Å². The fourth-order valence-electron chi connectivity index (χ4n) is 1.47. The van der Waals surface area contributed by atoms with E-state index >= 15 is 0 Å². The van der Waals surface area contributed by atoms with E-state index in [1.54, 1.807) is 0 Å². The highest BCUT2D eigenvalue weighted by Crippen LogP contribution is 2.22. The van der Waals surface area contributed by atoms with Crippen LogP contribution in [0.4, 0.5) is 0 Å². The number of aromatic carboxylic acids is 1. The van der Waals surface area contributed by atoms with Crippen molar-refractivity contribution in [1.29, 1.82) is 0 Å². The molecule has 1 aromatic rings. The first kappa shape index (κ1) is 16.4. The van der Waals surface area contributed by atoms with Crippen LogP contribution in [0.3, 0.4) is 0 Å². The minimum atomic E-state index is -3.95. The number of hydrogen-bond donors (Lipinski definition) is 2. The van der Waals surface area contributed by atoms with Crippen LogP contribution in [0.5, 0.6) is 5.75 Å². The zero-order valence-corrected chi connectivity index (χ0v) is 11.9. The fourth-order valence-corrected chi connectivity index (χ4v) is 2.01. The molecule has 20 heavy (non-hydrogen) atoms. The third kappa shape index (κ3) is 4.80. The van der Waals surface area contributed by atoms with Crippen LogP contribution < -0.4 is 9.88 Å². The van der Waals surface area contributed by atoms with Gasteiger partial charge in [0, 0.05) is 19.6 Å². The van der Waals surface area contributed by atoms with Crippen molar-refractivity contribution in [3.63, 3.8) is 0 Å². The van der Waals surface area contributed by atoms with Crippen molar-refractivity contribution in [3.8, 4) is 5.75 Å². The van der Waals surface area contributed by atoms with Gasteiger partial charge in [-0.15, -0.1) is 0 Å². The second-order valence-corrected chi connectivity index (χ2v) is 5.47. The molecule has 7 nitrogen and oxygen atoms in total. The third-order valence-corrected chi connectivity index (χ3v) is 3.32. The van der Waals surface area contributed by atoms with E-state index in [0.717, 1.165) is 6.07 Å². The largest absolute Gasteiger partial charge is 0.493 e. The predicted molar refractivity (Wildman–Crippen MR) is 71.4 cm³/mol. The van der Waals surface area contributed by atoms with Crippen LogP contribution in [0.2, 0.25) is 0 Å². The Morgan fingerprint density at radius 2 is 2.05 bits per heavy atom. The van der Waals surface area contributed by atoms with Crippen molar-refractivity contribution in [2.24, 2.45) is 5.14 Å². The summed E-state index contributed by atoms with van der Waals surface area (Å²) in [5.41, 5.74) is -0.243. The first-order valence-corrected chi connectivity index (χ1v) is 7.51. The number of carboxylic acids is 1. The Hall–Kier alpha value is -1.64. The minimum Gasteiger partial charge on any atom is -0.493 e. The summed E-state index contributed by atoms with van der Waals surface area (Å²) in [6.07, 6.45) is 0.601. The van der Waals surface area contributed by atoms with E-state index in [1.807, 2.05) is 6.92 Å². The van der Waals surface area contributed by atoms with Gasteiger partial charge in [0.2, 0.25) is 10.0 Å². The molecule has 0 fully saturated rings. The molecule has 0 spiro atoms. The lowest BCUT2D eigenvalue weighted by atomic mass is 10.2. The molecule has 0 saturated carbocycles. The zero-order valence-electron chi connectivity index (χ0n) is 11.0. The van der Waals surface area contributed by atoms with E-state index in [9.17, 15) is 13.2 Å². The van der Waals surface area contributed by atoms with Crippen molar-refractivity contribution >= 4 is 16.0 Å². The van der Waals surface area contributed by atoms with Gasteiger partial charge in [0.25, 0.3) is 0 Å². The third-order valence-electron chi connectivity index (χ3n) is 2.40. The van der Waals surface area contributed by atoms with Gasteiger partial charge in [-0.3, -0.25) is 0 Å². The number of carbonyl (C=O) groups is 1. The number of sulfonamides is 1. The molecular formula is C12H17NO6S. The van der Waals surface area contributed by atoms with Crippen molar-refractivity contribution < 1.29 is 27.8 Å². The van der Waals surface area contributed by atoms with Gasteiger partial charge >= 0.3 is 5.97 Å². The van der Waals surface area contributed by atoms with E-state index < -0.39 is 16.0 Å². The molecule has 0 radical (unpaired) electrons. The molecule has 8 heteroatoms. The topological polar surface area (TPSA) is 116 Å². The Bertz CT molecular complexity index is 569. The first-order chi connectivity index (χ1) is 9.36. The first-order valence-electron chi connectivity index (χ1n) is 5.97. The summed E-state index contributed by atoms with van der Waals surface area (Å²) >= 11 is 0. The van der Waals surface area contributed by atoms with Gasteiger partial charge < -0.3 is 14.6 Å². The molecule has 0 bridgehead atoms. The number of ether oxygens (including phenoxy) is 2. The minimum absolute atomic E-state index is 0.0985. The second kappa shape index (κ2) is 7.22. The molecule has 0 aliphatic heterocycles. The molecule has 0 aromatic heterocycles. The lowest BCUT2D eigenvalue weighted by Gasteiger charge is -2.10. The zero-order chi connectivity index (χ0) is 15.2. The molecule has 0 aliphatic rings. The summed E-state index contributed by atoms with van der Waals surface area (Å²) in [5, 5.41) is 14.0. The fraction of sp³-hybridized carbons (Fsp3) is 0.417. The lowest BCUT2D eigenvalue weighted by molar-refractivity contribution is 0.0691. The van der Waals surface area contributed by atoms with E-state index in [0.29, 0.717) is 19.6 Å². The van der Waals surface area contributed by atoms with E-state index in [1.165, 1.54) is 12.1 Å². The summed E-state index contributed by atoms with van der Waals surface area (Å²) in [4.78, 5) is 10.8. The average molecular weight is 303 g/mol. The molecule has 112 valence electrons. The number of carboxylic acid groups (broad SMARTS) is 1. The Morgan fingerprint density at radius 3 is 2.60 bits per heavy atom. The molecule has 0 amide bonds. The van der Waals surface area contributed by atoms with E-state index in [-0.39, 0.29) is 22.8 Å². The van der Waals surface area contributed by atoms with Crippen molar-refractivity contribution in [1.82, 2.24) is 0 Å². The smallest absolute Gasteiger partial charge is 0.339 e. The normalized spacial score (nSPS) is 11.3. The van der Waals surface area contributed by atoms with E-state index in [4.69, 9.17) is 19.7 Å². The van der Waals surface area contributed by atoms with E-state index in [2.05, 4.69) is 0 Å². The Labute approximate surface area is 117 Å². The van der Waals surface area contributed by atoms with Gasteiger partial charge in [-0.1, -0.05) is 0 Å². The summed E-state index contributed by atoms with van der Waals surface area (Å²) in [6.45, 7) is 3.25. The summed E-state index contributed by atoms with van der Waals surface area (Å²) in [7, 11) is -3.95. The number of hydrogen-bond acceptors (Lipinski definition) is 5. The molecule has 0 saturated heterocycles. The number of primary sulfonamides is 1. The summed E-state index contributed by atoms with van der Waals surface area (Å²) in [6, 6.07) is 3.47. The molecule has 0 heterocycles. The van der Waals surface area contributed by atoms with Crippen LogP contribution in [-0.4, -0.2) is 39.3 Å². The highest BCUT2D eigenvalue weighted by Gasteiger charge is 2.16. The van der Waals surface area contributed by atoms with Crippen LogP contribution in [0.15, 0.2) is 23.1 Å². The summed E-state index contributed by atoms with van der Waals surface area (Å²) < 4.78 is 32.8. The Kier molecular flexibility index (Phi) is 5.93. The number of rotatable bonds is 8. The maximum absolute atomic E-state index is 11.2. The van der Waals surface area contributed by atoms with Gasteiger partial charge in [0.1, 0.15) is 11.3 Å². The molecule has 3 N–H and O–H groups in total. The van der Waals surface area contributed by atoms with Crippen molar-refractivity contribution in [2.45, 2.75) is 18.2 Å². The van der Waals surface area contributed by atoms with Gasteiger partial charge in [0.15, 0.2) is 0 Å². The molecule has 1 aromatic carbocycles. The van der Waals surface area contributed by atoms with Gasteiger partial charge in [-0.2, -0.15) is 0 Å². The van der Waals surface area contributed by atoms with Crippen molar-refractivity contribution in [3.05, 3.63) is 23.8 Å². The highest BCUT2D eigenvalue weighted by molar-refractivity contribution is 7.89. The molecule has 1 rings (SSSR count). The van der Waals surface area contributed by atoms with Gasteiger partial charge in [-0.05, 0) is 25.1 Å². The molecule has 0 aliphatic carbocycles. The Morgan fingerprint density at radius 1 is 1.35 bits per heavy atom. The molecule has 0 atom stereocenters. The van der Waals surface area contributed by atoms with Crippen LogP contribution >= 0.6 is 0 Å². The molecular weight excluding hydrogens is 286 g/mol. The quantitative estimate of drug-likeness (QED) is 0.687. The monoisotopic (exact) mass is 303 g/mol. The average Bonchev–Trinajstić information content (AvgIpc) is 2.37. The lowest BCUT2D eigenvalue weighted by Crippen LogP contribution is -2.14. The highest BCUT2D eigenvalue weighted by atomic mass is 32.2. The van der Waals surface area contributed by atoms with Gasteiger partial charge in [-0.25, -0.2) is 18.4 Å². The maximum atomic E-state index is 11.2. The van der Waals surface area contributed by atoms with Crippen LogP contribution in [0.25, 0.3) is 0 Å². The SMILES string of the molecule is CCOCCCOc1ccc(S(N)(=O)=O)cc1C(=O)O. The second-order valence-electron chi connectivity index (χ2n) is 3.91. The summed E-state index contributed by atoms with van der Waals surface area (Å²) in [5.74, 6) is -1.18. The number of benzene rings is 1. The van der Waals surface area contributed by atoms with Gasteiger partial charge in [0.05, 0.1) is 11.5 Å². The van der Waals surface area contributed by atoms with Crippen LogP contribution in [0.1, 0.15) is 23.7 Å². The molecule has 0 unspecified atom stereocenters. The number of nitrogens with two attached hydrogens (primary N) is 1. The standard InChI is InChI=1S/C12H17NO6S/c1-2-18-6-3-7-19-11-5-4-9(20(13,16)17)8-10(11)12(14)15/h4-5,8H,2-3,6-7H2,1H3,(H,14,15)(H2,13,16,17). The predicted octanol–water partition coefficient (Wildman–Crippen LogP) is 0.838. The maximum Gasteiger partial charge on any atom is 0.339 e. The van der Waals surface area contributed by atoms with Crippen molar-refractivity contribution in [2.75, 3.05) is 19.8 Å².